The maximum absolute atomic E-state index is 11.4. The Morgan fingerprint density at radius 1 is 1.71 bits per heavy atom. The van der Waals surface area contributed by atoms with Crippen molar-refractivity contribution in [3.63, 3.8) is 0 Å². The van der Waals surface area contributed by atoms with E-state index in [0.29, 0.717) is 9.56 Å². The Labute approximate surface area is 83.2 Å². The zero-order valence-corrected chi connectivity index (χ0v) is 8.08. The summed E-state index contributed by atoms with van der Waals surface area (Å²) in [6.45, 7) is 0. The van der Waals surface area contributed by atoms with Crippen molar-refractivity contribution in [2.24, 2.45) is 0 Å². The number of hydrogen-bond donors (Lipinski definition) is 0. The van der Waals surface area contributed by atoms with Crippen molar-refractivity contribution in [1.82, 2.24) is 4.98 Å². The van der Waals surface area contributed by atoms with E-state index >= 15 is 0 Å². The second-order valence-corrected chi connectivity index (χ2v) is 3.41. The number of nitrogens with zero attached hydrogens (tertiary/aromatic N) is 2. The average molecular weight is 210 g/mol. The molecule has 0 aliphatic heterocycles. The molecule has 2 rings (SSSR count). The zero-order chi connectivity index (χ0) is 10.1. The van der Waals surface area contributed by atoms with Gasteiger partial charge in [0.25, 0.3) is 5.52 Å². The van der Waals surface area contributed by atoms with Crippen LogP contribution in [0.4, 0.5) is 0 Å². The highest BCUT2D eigenvalue weighted by molar-refractivity contribution is 7.17. The molecule has 0 aliphatic rings. The molecule has 0 aliphatic carbocycles. The predicted molar refractivity (Wildman–Crippen MR) is 49.9 cm³/mol. The fourth-order valence-corrected chi connectivity index (χ4v) is 2.01. The van der Waals surface area contributed by atoms with Crippen molar-refractivity contribution in [2.45, 2.75) is 0 Å². The summed E-state index contributed by atoms with van der Waals surface area (Å²) in [6, 6.07) is 0. The summed E-state index contributed by atoms with van der Waals surface area (Å²) in [5.41, 5.74) is 0.528. The molecule has 2 aromatic heterocycles. The van der Waals surface area contributed by atoms with Gasteiger partial charge in [0, 0.05) is 5.38 Å². The molecule has 0 spiro atoms. The summed E-state index contributed by atoms with van der Waals surface area (Å²) in [5, 5.41) is 12.9. The average Bonchev–Trinajstić information content (AvgIpc) is 2.62. The van der Waals surface area contributed by atoms with E-state index in [1.165, 1.54) is 30.8 Å². The minimum atomic E-state index is -0.520. The van der Waals surface area contributed by atoms with Crippen LogP contribution in [-0.2, 0) is 4.74 Å². The highest BCUT2D eigenvalue weighted by Gasteiger charge is 2.20. The van der Waals surface area contributed by atoms with Crippen molar-refractivity contribution in [2.75, 3.05) is 7.11 Å². The van der Waals surface area contributed by atoms with Gasteiger partial charge in [-0.15, -0.1) is 11.3 Å². The highest BCUT2D eigenvalue weighted by atomic mass is 32.1. The van der Waals surface area contributed by atoms with Crippen LogP contribution < -0.4 is 4.73 Å². The maximum Gasteiger partial charge on any atom is 0.345 e. The Hall–Kier alpha value is -1.69. The molecule has 0 atom stereocenters. The normalized spacial score (nSPS) is 10.4. The second kappa shape index (κ2) is 3.22. The van der Waals surface area contributed by atoms with Gasteiger partial charge >= 0.3 is 5.97 Å². The van der Waals surface area contributed by atoms with E-state index in [4.69, 9.17) is 0 Å². The molecule has 0 radical (unpaired) electrons. The number of thiophene rings is 1. The summed E-state index contributed by atoms with van der Waals surface area (Å²) in [7, 11) is 1.28. The van der Waals surface area contributed by atoms with E-state index in [-0.39, 0.29) is 11.1 Å². The predicted octanol–water partition coefficient (Wildman–Crippen LogP) is 0.716. The van der Waals surface area contributed by atoms with Crippen molar-refractivity contribution in [3.05, 3.63) is 28.5 Å². The summed E-state index contributed by atoms with van der Waals surface area (Å²) in [5.74, 6) is -0.520. The van der Waals surface area contributed by atoms with Gasteiger partial charge in [0.05, 0.1) is 13.3 Å². The lowest BCUT2D eigenvalue weighted by atomic mass is 10.3. The standard InChI is InChI=1S/C8H6N2O3S/c1-13-8(11)5-4-14-7-6(5)10(12)3-2-9-7/h2-4H,1H3. The maximum atomic E-state index is 11.4. The number of ether oxygens (including phenoxy) is 1. The third kappa shape index (κ3) is 1.20. The van der Waals surface area contributed by atoms with Crippen LogP contribution in [0.2, 0.25) is 0 Å². The Balaban J connectivity index is 2.73. The van der Waals surface area contributed by atoms with Gasteiger partial charge in [-0.3, -0.25) is 0 Å². The number of esters is 1. The molecule has 0 amide bonds. The van der Waals surface area contributed by atoms with Gasteiger partial charge in [-0.05, 0) is 0 Å². The van der Waals surface area contributed by atoms with Gasteiger partial charge in [-0.2, -0.15) is 4.73 Å². The van der Waals surface area contributed by atoms with Crippen LogP contribution in [0.15, 0.2) is 17.8 Å². The summed E-state index contributed by atoms with van der Waals surface area (Å²) in [6.07, 6.45) is 2.65. The first-order valence-electron chi connectivity index (χ1n) is 3.77. The molecular weight excluding hydrogens is 204 g/mol. The molecule has 2 aromatic rings. The molecule has 0 saturated heterocycles. The highest BCUT2D eigenvalue weighted by Crippen LogP contribution is 2.20. The van der Waals surface area contributed by atoms with E-state index in [0.717, 1.165) is 0 Å². The molecule has 14 heavy (non-hydrogen) atoms. The molecular formula is C8H6N2O3S. The number of hydrogen-bond acceptors (Lipinski definition) is 5. The van der Waals surface area contributed by atoms with Gasteiger partial charge in [0.2, 0.25) is 0 Å². The number of aromatic nitrogens is 2. The summed E-state index contributed by atoms with van der Waals surface area (Å²) in [4.78, 5) is 15.7. The van der Waals surface area contributed by atoms with Crippen LogP contribution in [0.25, 0.3) is 10.3 Å². The zero-order valence-electron chi connectivity index (χ0n) is 7.26. The van der Waals surface area contributed by atoms with Crippen molar-refractivity contribution in [3.8, 4) is 0 Å². The molecule has 72 valence electrons. The first kappa shape index (κ1) is 8.89. The van der Waals surface area contributed by atoms with Crippen LogP contribution in [0.1, 0.15) is 10.4 Å². The molecule has 6 heteroatoms. The number of carbonyl (C=O) groups is 1. The largest absolute Gasteiger partial charge is 0.618 e. The first-order chi connectivity index (χ1) is 6.74. The molecule has 0 aromatic carbocycles. The van der Waals surface area contributed by atoms with E-state index in [1.54, 1.807) is 5.38 Å². The van der Waals surface area contributed by atoms with E-state index in [1.807, 2.05) is 0 Å². The lowest BCUT2D eigenvalue weighted by Gasteiger charge is -1.98. The number of methoxy groups -OCH3 is 1. The summed E-state index contributed by atoms with van der Waals surface area (Å²) >= 11 is 1.24. The Bertz CT molecular complexity index is 494. The van der Waals surface area contributed by atoms with Crippen LogP contribution >= 0.6 is 11.3 Å². The fraction of sp³-hybridized carbons (Fsp3) is 0.125. The lowest BCUT2D eigenvalue weighted by Crippen LogP contribution is -2.27. The Morgan fingerprint density at radius 2 is 2.50 bits per heavy atom. The van der Waals surface area contributed by atoms with Gasteiger partial charge in [-0.1, -0.05) is 0 Å². The minimum absolute atomic E-state index is 0.260. The van der Waals surface area contributed by atoms with Crippen molar-refractivity contribution >= 4 is 27.7 Å². The number of rotatable bonds is 1. The third-order valence-electron chi connectivity index (χ3n) is 1.77. The molecule has 0 fully saturated rings. The van der Waals surface area contributed by atoms with Gasteiger partial charge in [0.15, 0.2) is 11.0 Å². The van der Waals surface area contributed by atoms with E-state index < -0.39 is 5.97 Å². The first-order valence-corrected chi connectivity index (χ1v) is 4.65. The minimum Gasteiger partial charge on any atom is -0.618 e. The van der Waals surface area contributed by atoms with Crippen LogP contribution in [0.3, 0.4) is 0 Å². The molecule has 0 unspecified atom stereocenters. The van der Waals surface area contributed by atoms with Crippen LogP contribution in [0.5, 0.6) is 0 Å². The van der Waals surface area contributed by atoms with E-state index in [9.17, 15) is 10.0 Å². The van der Waals surface area contributed by atoms with Gasteiger partial charge in [0.1, 0.15) is 5.56 Å². The molecule has 0 N–H and O–H groups in total. The van der Waals surface area contributed by atoms with Crippen LogP contribution in [-0.4, -0.2) is 18.1 Å². The second-order valence-electron chi connectivity index (χ2n) is 2.55. The van der Waals surface area contributed by atoms with E-state index in [2.05, 4.69) is 9.72 Å². The molecule has 5 nitrogen and oxygen atoms in total. The van der Waals surface area contributed by atoms with Crippen molar-refractivity contribution in [1.29, 1.82) is 0 Å². The Kier molecular flexibility index (Phi) is 2.05. The molecule has 0 saturated carbocycles. The van der Waals surface area contributed by atoms with Gasteiger partial charge in [-0.25, -0.2) is 9.78 Å². The monoisotopic (exact) mass is 210 g/mol. The molecule has 2 heterocycles. The quantitative estimate of drug-likeness (QED) is 0.395. The number of carbonyl (C=O) groups excluding carboxylic acids is 1. The topological polar surface area (TPSA) is 66.1 Å². The Morgan fingerprint density at radius 3 is 3.21 bits per heavy atom. The summed E-state index contributed by atoms with van der Waals surface area (Å²) < 4.78 is 5.16. The third-order valence-corrected chi connectivity index (χ3v) is 2.64. The van der Waals surface area contributed by atoms with Crippen molar-refractivity contribution < 1.29 is 14.3 Å². The number of fused-ring (bicyclic) bond motifs is 1. The SMILES string of the molecule is COC(=O)c1csc2ncc[n+]([O-])c12. The van der Waals surface area contributed by atoms with Gasteiger partial charge < -0.3 is 9.94 Å². The smallest absolute Gasteiger partial charge is 0.345 e. The van der Waals surface area contributed by atoms with Crippen LogP contribution in [0, 0.1) is 5.21 Å². The lowest BCUT2D eigenvalue weighted by molar-refractivity contribution is -0.577. The fourth-order valence-electron chi connectivity index (χ4n) is 1.14. The molecule has 0 bridgehead atoms.